The summed E-state index contributed by atoms with van der Waals surface area (Å²) in [5.41, 5.74) is 1.57. The minimum Gasteiger partial charge on any atom is -0.339 e. The van der Waals surface area contributed by atoms with Gasteiger partial charge in [0.1, 0.15) is 0 Å². The molecular weight excluding hydrogens is 196 g/mol. The Labute approximate surface area is 79.0 Å². The number of amides is 2. The van der Waals surface area contributed by atoms with E-state index >= 15 is 0 Å². The van der Waals surface area contributed by atoms with Crippen molar-refractivity contribution >= 4 is 11.8 Å². The molecule has 1 rings (SSSR count). The molecule has 0 radical (unpaired) electrons. The van der Waals surface area contributed by atoms with E-state index in [1.165, 1.54) is 0 Å². The second kappa shape index (κ2) is 3.87. The van der Waals surface area contributed by atoms with Gasteiger partial charge in [-0.1, -0.05) is 0 Å². The fraction of sp³-hybridized carbons (Fsp3) is 0.714. The molecule has 1 aliphatic carbocycles. The van der Waals surface area contributed by atoms with Crippen LogP contribution in [-0.4, -0.2) is 23.8 Å². The number of hydrazine groups is 1. The summed E-state index contributed by atoms with van der Waals surface area (Å²) in [6, 6.07) is -1.26. The van der Waals surface area contributed by atoms with Gasteiger partial charge >= 0.3 is 11.8 Å². The van der Waals surface area contributed by atoms with Gasteiger partial charge < -0.3 is 5.32 Å². The molecule has 0 spiro atoms. The third-order valence-corrected chi connectivity index (χ3v) is 2.16. The van der Waals surface area contributed by atoms with Crippen LogP contribution in [0.4, 0.5) is 8.78 Å². The van der Waals surface area contributed by atoms with Crippen LogP contribution in [0.3, 0.4) is 0 Å². The smallest absolute Gasteiger partial charge is 0.323 e. The number of carbonyl (C=O) groups excluding carboxylic acids is 2. The number of halogens is 2. The molecule has 4 N–H and O–H groups in total. The Balaban J connectivity index is 2.52. The van der Waals surface area contributed by atoms with Gasteiger partial charge in [-0.05, 0) is 12.8 Å². The van der Waals surface area contributed by atoms with E-state index in [4.69, 9.17) is 0 Å². The third kappa shape index (κ3) is 2.16. The summed E-state index contributed by atoms with van der Waals surface area (Å²) in [4.78, 5) is 21.5. The SMILES string of the molecule is NNC(=O)C(=O)NC1CCCC1(F)F. The van der Waals surface area contributed by atoms with Crippen LogP contribution in [0.25, 0.3) is 0 Å². The number of carbonyl (C=O) groups is 2. The Bertz CT molecular complexity index is 257. The molecule has 0 aromatic carbocycles. The zero-order valence-electron chi connectivity index (χ0n) is 7.35. The van der Waals surface area contributed by atoms with Gasteiger partial charge in [0.25, 0.3) is 5.92 Å². The Morgan fingerprint density at radius 2 is 2.00 bits per heavy atom. The first-order valence-electron chi connectivity index (χ1n) is 4.16. The van der Waals surface area contributed by atoms with Crippen molar-refractivity contribution in [2.45, 2.75) is 31.2 Å². The van der Waals surface area contributed by atoms with E-state index in [0.717, 1.165) is 0 Å². The first-order chi connectivity index (χ1) is 6.47. The van der Waals surface area contributed by atoms with Gasteiger partial charge in [-0.15, -0.1) is 0 Å². The molecule has 0 saturated heterocycles. The number of hydrogen-bond donors (Lipinski definition) is 3. The summed E-state index contributed by atoms with van der Waals surface area (Å²) in [6.07, 6.45) is 0.251. The quantitative estimate of drug-likeness (QED) is 0.229. The molecule has 2 amide bonds. The Hall–Kier alpha value is -1.24. The largest absolute Gasteiger partial charge is 0.339 e. The van der Waals surface area contributed by atoms with Crippen LogP contribution >= 0.6 is 0 Å². The van der Waals surface area contributed by atoms with E-state index in [-0.39, 0.29) is 12.8 Å². The summed E-state index contributed by atoms with van der Waals surface area (Å²) in [6.45, 7) is 0. The highest BCUT2D eigenvalue weighted by Crippen LogP contribution is 2.34. The monoisotopic (exact) mass is 207 g/mol. The van der Waals surface area contributed by atoms with E-state index in [1.807, 2.05) is 5.32 Å². The van der Waals surface area contributed by atoms with Crippen molar-refractivity contribution in [3.8, 4) is 0 Å². The normalized spacial score (nSPS) is 24.4. The molecule has 1 unspecified atom stereocenters. The van der Waals surface area contributed by atoms with Gasteiger partial charge in [0.2, 0.25) is 0 Å². The first kappa shape index (κ1) is 10.8. The molecule has 1 saturated carbocycles. The Kier molecular flexibility index (Phi) is 3.00. The highest BCUT2D eigenvalue weighted by molar-refractivity contribution is 6.35. The van der Waals surface area contributed by atoms with Crippen molar-refractivity contribution in [3.63, 3.8) is 0 Å². The van der Waals surface area contributed by atoms with Gasteiger partial charge in [-0.3, -0.25) is 15.0 Å². The standard InChI is InChI=1S/C7H11F2N3O2/c8-7(9)3-1-2-4(7)11-5(13)6(14)12-10/h4H,1-3,10H2,(H,11,13)(H,12,14). The lowest BCUT2D eigenvalue weighted by Crippen LogP contribution is -2.50. The predicted molar refractivity (Wildman–Crippen MR) is 43.1 cm³/mol. The van der Waals surface area contributed by atoms with Crippen LogP contribution in [0.1, 0.15) is 19.3 Å². The number of rotatable bonds is 1. The van der Waals surface area contributed by atoms with Gasteiger partial charge in [0.05, 0.1) is 6.04 Å². The second-order valence-corrected chi connectivity index (χ2v) is 3.15. The van der Waals surface area contributed by atoms with E-state index in [2.05, 4.69) is 5.84 Å². The molecule has 1 atom stereocenters. The molecule has 80 valence electrons. The lowest BCUT2D eigenvalue weighted by molar-refractivity contribution is -0.141. The lowest BCUT2D eigenvalue weighted by atomic mass is 10.2. The fourth-order valence-corrected chi connectivity index (χ4v) is 1.39. The molecule has 0 heterocycles. The Morgan fingerprint density at radius 1 is 1.36 bits per heavy atom. The average molecular weight is 207 g/mol. The summed E-state index contributed by atoms with van der Waals surface area (Å²) < 4.78 is 25.9. The van der Waals surface area contributed by atoms with Crippen molar-refractivity contribution in [1.29, 1.82) is 0 Å². The van der Waals surface area contributed by atoms with E-state index in [1.54, 1.807) is 5.43 Å². The topological polar surface area (TPSA) is 84.2 Å². The second-order valence-electron chi connectivity index (χ2n) is 3.15. The van der Waals surface area contributed by atoms with E-state index in [0.29, 0.717) is 6.42 Å². The molecule has 14 heavy (non-hydrogen) atoms. The fourth-order valence-electron chi connectivity index (χ4n) is 1.39. The zero-order chi connectivity index (χ0) is 10.8. The van der Waals surface area contributed by atoms with Gasteiger partial charge in [-0.2, -0.15) is 0 Å². The summed E-state index contributed by atoms with van der Waals surface area (Å²) in [5.74, 6) is -0.503. The molecule has 5 nitrogen and oxygen atoms in total. The summed E-state index contributed by atoms with van der Waals surface area (Å²) >= 11 is 0. The van der Waals surface area contributed by atoms with Crippen LogP contribution < -0.4 is 16.6 Å². The summed E-state index contributed by atoms with van der Waals surface area (Å²) in [7, 11) is 0. The highest BCUT2D eigenvalue weighted by Gasteiger charge is 2.45. The predicted octanol–water partition coefficient (Wildman–Crippen LogP) is -0.720. The first-order valence-corrected chi connectivity index (χ1v) is 4.16. The average Bonchev–Trinajstić information content (AvgIpc) is 2.44. The Morgan fingerprint density at radius 3 is 2.43 bits per heavy atom. The molecule has 0 aliphatic heterocycles. The third-order valence-electron chi connectivity index (χ3n) is 2.16. The minimum absolute atomic E-state index is 0.177. The van der Waals surface area contributed by atoms with Crippen LogP contribution in [0, 0.1) is 0 Å². The van der Waals surface area contributed by atoms with Crippen molar-refractivity contribution in [2.24, 2.45) is 5.84 Å². The number of nitrogens with two attached hydrogens (primary N) is 1. The molecule has 1 aliphatic rings. The number of hydrogen-bond acceptors (Lipinski definition) is 3. The lowest BCUT2D eigenvalue weighted by Gasteiger charge is -2.19. The maximum absolute atomic E-state index is 13.0. The molecule has 0 bridgehead atoms. The molecule has 0 aromatic rings. The highest BCUT2D eigenvalue weighted by atomic mass is 19.3. The zero-order valence-corrected chi connectivity index (χ0v) is 7.35. The van der Waals surface area contributed by atoms with Gasteiger partial charge in [0.15, 0.2) is 0 Å². The van der Waals surface area contributed by atoms with Gasteiger partial charge in [0, 0.05) is 6.42 Å². The van der Waals surface area contributed by atoms with Crippen molar-refractivity contribution in [1.82, 2.24) is 10.7 Å². The molecular formula is C7H11F2N3O2. The number of alkyl halides is 2. The number of nitrogens with one attached hydrogen (secondary N) is 2. The minimum atomic E-state index is -2.93. The molecule has 0 aromatic heterocycles. The van der Waals surface area contributed by atoms with Crippen LogP contribution in [0.15, 0.2) is 0 Å². The van der Waals surface area contributed by atoms with Crippen LogP contribution in [0.5, 0.6) is 0 Å². The van der Waals surface area contributed by atoms with E-state index in [9.17, 15) is 18.4 Å². The molecule has 1 fully saturated rings. The summed E-state index contributed by atoms with van der Waals surface area (Å²) in [5, 5.41) is 1.94. The van der Waals surface area contributed by atoms with Crippen molar-refractivity contribution in [2.75, 3.05) is 0 Å². The maximum atomic E-state index is 13.0. The molecule has 7 heteroatoms. The van der Waals surface area contributed by atoms with Gasteiger partial charge in [-0.25, -0.2) is 14.6 Å². The van der Waals surface area contributed by atoms with Crippen LogP contribution in [0.2, 0.25) is 0 Å². The van der Waals surface area contributed by atoms with Crippen molar-refractivity contribution < 1.29 is 18.4 Å². The van der Waals surface area contributed by atoms with Crippen molar-refractivity contribution in [3.05, 3.63) is 0 Å². The van der Waals surface area contributed by atoms with Crippen LogP contribution in [-0.2, 0) is 9.59 Å². The maximum Gasteiger partial charge on any atom is 0.323 e. The van der Waals surface area contributed by atoms with E-state index < -0.39 is 23.8 Å².